The molecule has 0 N–H and O–H groups in total. The van der Waals surface area contributed by atoms with Gasteiger partial charge in [-0.3, -0.25) is 0 Å². The third kappa shape index (κ3) is 7.99. The van der Waals surface area contributed by atoms with Gasteiger partial charge in [0.25, 0.3) is 0 Å². The summed E-state index contributed by atoms with van der Waals surface area (Å²) in [6.07, 6.45) is 4.64. The highest BCUT2D eigenvalue weighted by Gasteiger charge is 1.93. The van der Waals surface area contributed by atoms with Crippen LogP contribution in [0.4, 0.5) is 0 Å². The van der Waals surface area contributed by atoms with Gasteiger partial charge in [0.05, 0.1) is 13.7 Å². The van der Waals surface area contributed by atoms with Crippen molar-refractivity contribution in [1.29, 1.82) is 0 Å². The molecule has 0 radical (unpaired) electrons. The zero-order chi connectivity index (χ0) is 13.6. The summed E-state index contributed by atoms with van der Waals surface area (Å²) >= 11 is 0. The SMILES string of the molecule is CN=C=O.COc1ccc(CCCN=C=O)cc1. The van der Waals surface area contributed by atoms with Gasteiger partial charge >= 0.3 is 0 Å². The number of rotatable bonds is 5. The maximum absolute atomic E-state index is 9.79. The Kier molecular flexibility index (Phi) is 9.88. The Morgan fingerprint density at radius 2 is 1.78 bits per heavy atom. The molecule has 0 saturated heterocycles. The fourth-order valence-electron chi connectivity index (χ4n) is 1.20. The molecule has 0 atom stereocenters. The maximum atomic E-state index is 9.79. The molecule has 0 unspecified atom stereocenters. The molecule has 1 aromatic carbocycles. The van der Waals surface area contributed by atoms with E-state index in [1.54, 1.807) is 7.11 Å². The summed E-state index contributed by atoms with van der Waals surface area (Å²) in [4.78, 5) is 25.1. The van der Waals surface area contributed by atoms with E-state index in [4.69, 9.17) is 9.53 Å². The van der Waals surface area contributed by atoms with Crippen molar-refractivity contribution in [1.82, 2.24) is 0 Å². The molecule has 0 heterocycles. The molecule has 1 aromatic rings. The van der Waals surface area contributed by atoms with Crippen molar-refractivity contribution in [2.45, 2.75) is 12.8 Å². The van der Waals surface area contributed by atoms with E-state index >= 15 is 0 Å². The van der Waals surface area contributed by atoms with Crippen LogP contribution in [0.5, 0.6) is 5.75 Å². The zero-order valence-corrected chi connectivity index (χ0v) is 10.5. The van der Waals surface area contributed by atoms with Gasteiger partial charge in [-0.2, -0.15) is 0 Å². The van der Waals surface area contributed by atoms with Crippen molar-refractivity contribution in [3.63, 3.8) is 0 Å². The van der Waals surface area contributed by atoms with Gasteiger partial charge in [0, 0.05) is 7.05 Å². The van der Waals surface area contributed by atoms with E-state index in [0.29, 0.717) is 6.54 Å². The quantitative estimate of drug-likeness (QED) is 0.454. The smallest absolute Gasteiger partial charge is 0.234 e. The lowest BCUT2D eigenvalue weighted by atomic mass is 10.1. The van der Waals surface area contributed by atoms with Crippen LogP contribution in [0.2, 0.25) is 0 Å². The minimum atomic E-state index is 0.551. The van der Waals surface area contributed by atoms with Crippen LogP contribution >= 0.6 is 0 Å². The normalized spacial score (nSPS) is 8.11. The largest absolute Gasteiger partial charge is 0.497 e. The number of nitrogens with zero attached hydrogens (tertiary/aromatic N) is 2. The molecular formula is C13H16N2O3. The van der Waals surface area contributed by atoms with Crippen LogP contribution in [-0.2, 0) is 16.0 Å². The van der Waals surface area contributed by atoms with Gasteiger partial charge in [-0.05, 0) is 30.5 Å². The third-order valence-electron chi connectivity index (χ3n) is 2.05. The Hall–Kier alpha value is -2.22. The lowest BCUT2D eigenvalue weighted by molar-refractivity contribution is 0.414. The standard InChI is InChI=1S/C11H13NO2.C2H3NO/c1-14-11-6-4-10(5-7-11)3-2-8-12-9-13;1-3-2-4/h4-7H,2-3,8H2,1H3;1H3. The minimum absolute atomic E-state index is 0.551. The van der Waals surface area contributed by atoms with Crippen molar-refractivity contribution >= 4 is 12.2 Å². The molecule has 0 bridgehead atoms. The first-order valence-electron chi connectivity index (χ1n) is 5.41. The average molecular weight is 248 g/mol. The van der Waals surface area contributed by atoms with Crippen LogP contribution in [0.3, 0.4) is 0 Å². The molecule has 0 amide bonds. The second kappa shape index (κ2) is 11.3. The molecule has 0 saturated carbocycles. The van der Waals surface area contributed by atoms with E-state index < -0.39 is 0 Å². The Labute approximate surface area is 106 Å². The third-order valence-corrected chi connectivity index (χ3v) is 2.05. The molecule has 0 fully saturated rings. The first-order chi connectivity index (χ1) is 8.78. The second-order valence-corrected chi connectivity index (χ2v) is 3.24. The Balaban J connectivity index is 0.000000631. The van der Waals surface area contributed by atoms with Gasteiger partial charge in [0.1, 0.15) is 5.75 Å². The number of aryl methyl sites for hydroxylation is 1. The van der Waals surface area contributed by atoms with E-state index in [1.807, 2.05) is 24.3 Å². The monoisotopic (exact) mass is 248 g/mol. The van der Waals surface area contributed by atoms with E-state index in [2.05, 4.69) is 9.98 Å². The maximum Gasteiger partial charge on any atom is 0.234 e. The van der Waals surface area contributed by atoms with E-state index in [1.165, 1.54) is 24.8 Å². The molecule has 0 spiro atoms. The van der Waals surface area contributed by atoms with Crippen LogP contribution < -0.4 is 4.74 Å². The fourth-order valence-corrected chi connectivity index (χ4v) is 1.20. The molecule has 1 rings (SSSR count). The van der Waals surface area contributed by atoms with Crippen molar-refractivity contribution in [3.8, 4) is 5.75 Å². The second-order valence-electron chi connectivity index (χ2n) is 3.24. The van der Waals surface area contributed by atoms with Gasteiger partial charge in [-0.15, -0.1) is 0 Å². The van der Waals surface area contributed by atoms with E-state index in [0.717, 1.165) is 18.6 Å². The topological polar surface area (TPSA) is 68.1 Å². The van der Waals surface area contributed by atoms with Gasteiger partial charge in [-0.25, -0.2) is 19.6 Å². The number of hydrogen-bond acceptors (Lipinski definition) is 5. The van der Waals surface area contributed by atoms with Crippen molar-refractivity contribution in [3.05, 3.63) is 29.8 Å². The Bertz CT molecular complexity index is 416. The summed E-state index contributed by atoms with van der Waals surface area (Å²) in [6, 6.07) is 7.89. The molecule has 0 aromatic heterocycles. The molecular weight excluding hydrogens is 232 g/mol. The number of aliphatic imine (C=N–C) groups is 2. The molecule has 18 heavy (non-hydrogen) atoms. The number of carbonyl (C=O) groups excluding carboxylic acids is 2. The number of hydrogen-bond donors (Lipinski definition) is 0. The minimum Gasteiger partial charge on any atom is -0.497 e. The van der Waals surface area contributed by atoms with Crippen molar-refractivity contribution in [2.24, 2.45) is 9.98 Å². The fraction of sp³-hybridized carbons (Fsp3) is 0.385. The summed E-state index contributed by atoms with van der Waals surface area (Å²) in [6.45, 7) is 0.551. The van der Waals surface area contributed by atoms with Gasteiger partial charge in [0.2, 0.25) is 12.2 Å². The van der Waals surface area contributed by atoms with E-state index in [-0.39, 0.29) is 0 Å². The highest BCUT2D eigenvalue weighted by atomic mass is 16.5. The highest BCUT2D eigenvalue weighted by Crippen LogP contribution is 2.12. The van der Waals surface area contributed by atoms with Crippen LogP contribution in [-0.4, -0.2) is 32.9 Å². The lowest BCUT2D eigenvalue weighted by Gasteiger charge is -2.01. The van der Waals surface area contributed by atoms with Gasteiger partial charge in [0.15, 0.2) is 0 Å². The molecule has 5 heteroatoms. The van der Waals surface area contributed by atoms with Gasteiger partial charge < -0.3 is 4.74 Å². The summed E-state index contributed by atoms with van der Waals surface area (Å²) in [5.41, 5.74) is 1.23. The zero-order valence-electron chi connectivity index (χ0n) is 10.5. The lowest BCUT2D eigenvalue weighted by Crippen LogP contribution is -1.89. The first kappa shape index (κ1) is 15.8. The number of methoxy groups -OCH3 is 1. The summed E-state index contributed by atoms with van der Waals surface area (Å²) in [5.74, 6) is 0.861. The van der Waals surface area contributed by atoms with Crippen LogP contribution in [0, 0.1) is 0 Å². The summed E-state index contributed by atoms with van der Waals surface area (Å²) < 4.78 is 5.04. The predicted molar refractivity (Wildman–Crippen MR) is 68.3 cm³/mol. The average Bonchev–Trinajstić information content (AvgIpc) is 2.44. The Morgan fingerprint density at radius 3 is 2.22 bits per heavy atom. The number of benzene rings is 1. The molecule has 0 aliphatic rings. The number of isocyanates is 2. The molecule has 0 aliphatic heterocycles. The summed E-state index contributed by atoms with van der Waals surface area (Å²) in [7, 11) is 3.03. The van der Waals surface area contributed by atoms with E-state index in [9.17, 15) is 4.79 Å². The van der Waals surface area contributed by atoms with Crippen LogP contribution in [0.15, 0.2) is 34.3 Å². The van der Waals surface area contributed by atoms with Crippen molar-refractivity contribution in [2.75, 3.05) is 20.7 Å². The Morgan fingerprint density at radius 1 is 1.17 bits per heavy atom. The van der Waals surface area contributed by atoms with Crippen LogP contribution in [0.25, 0.3) is 0 Å². The molecule has 96 valence electrons. The molecule has 0 aliphatic carbocycles. The first-order valence-corrected chi connectivity index (χ1v) is 5.41. The number of ether oxygens (including phenoxy) is 1. The van der Waals surface area contributed by atoms with Crippen LogP contribution in [0.1, 0.15) is 12.0 Å². The van der Waals surface area contributed by atoms with Crippen molar-refractivity contribution < 1.29 is 14.3 Å². The highest BCUT2D eigenvalue weighted by molar-refractivity contribution is 5.32. The predicted octanol–water partition coefficient (Wildman–Crippen LogP) is 1.92. The summed E-state index contributed by atoms with van der Waals surface area (Å²) in [5, 5.41) is 0. The molecule has 5 nitrogen and oxygen atoms in total. The van der Waals surface area contributed by atoms with Gasteiger partial charge in [-0.1, -0.05) is 12.1 Å².